The van der Waals surface area contributed by atoms with Crippen LogP contribution in [0.15, 0.2) is 48.5 Å². The van der Waals surface area contributed by atoms with Crippen LogP contribution in [0.1, 0.15) is 50.7 Å². The molecule has 0 spiro atoms. The van der Waals surface area contributed by atoms with E-state index in [4.69, 9.17) is 34.2 Å². The largest absolute Gasteiger partial charge is 0.491 e. The first-order chi connectivity index (χ1) is 29.7. The molecule has 0 aliphatic heterocycles. The second-order valence-corrected chi connectivity index (χ2v) is 32.6. The maximum absolute atomic E-state index is 11.3. The van der Waals surface area contributed by atoms with Crippen molar-refractivity contribution in [3.8, 4) is 11.5 Å². The van der Waals surface area contributed by atoms with Gasteiger partial charge in [-0.15, -0.1) is 0 Å². The van der Waals surface area contributed by atoms with E-state index in [9.17, 15) is 36.2 Å². The van der Waals surface area contributed by atoms with Crippen molar-refractivity contribution in [2.45, 2.75) is 82.3 Å². The van der Waals surface area contributed by atoms with E-state index >= 15 is 0 Å². The van der Waals surface area contributed by atoms with Crippen molar-refractivity contribution in [2.75, 3.05) is 64.0 Å². The van der Waals surface area contributed by atoms with Crippen LogP contribution in [0.4, 0.5) is 0 Å². The van der Waals surface area contributed by atoms with Gasteiger partial charge in [-0.1, -0.05) is 51.2 Å². The van der Waals surface area contributed by atoms with Gasteiger partial charge in [-0.05, 0) is 87.3 Å². The van der Waals surface area contributed by atoms with Crippen LogP contribution in [0.3, 0.4) is 0 Å². The summed E-state index contributed by atoms with van der Waals surface area (Å²) in [5.74, 6) is 0.449. The summed E-state index contributed by atoms with van der Waals surface area (Å²) >= 11 is 0. The van der Waals surface area contributed by atoms with Gasteiger partial charge in [-0.25, -0.2) is 0 Å². The molecular weight excluding hydrogens is 993 g/mol. The fraction of sp³-hybridized carbons (Fsp3) is 0.657. The summed E-state index contributed by atoms with van der Waals surface area (Å²) in [6.45, 7) is 10.7. The van der Waals surface area contributed by atoms with Gasteiger partial charge >= 0.3 is 17.6 Å². The van der Waals surface area contributed by atoms with Crippen molar-refractivity contribution in [3.63, 3.8) is 0 Å². The number of aliphatic hydroxyl groups is 2. The highest BCUT2D eigenvalue weighted by molar-refractivity contribution is 7.86. The van der Waals surface area contributed by atoms with Crippen LogP contribution in [-0.4, -0.2) is 201 Å². The third-order valence-corrected chi connectivity index (χ3v) is 29.9. The molecule has 0 saturated heterocycles. The standard InChI is InChI=1S/C35H74N2O16S2Si8/c1-35(2,29-9-13-33(14-10-29)46-27-31(38)25-36(17-5-21-54(40,41)42)19-7-23-62(48-56,49-57)52-60-3)30-11-15-34(16-12-30)47-28-32(39)26-37(18-6-22-55(43,44)45)20-8-24-63(50-58,51-59)53-61-4/h9-16,31-32,38-39H,5-8,17-28,60-61H2,1-4,56-59H3,(H,40,41,42)(H,43,44,45). The van der Waals surface area contributed by atoms with E-state index in [0.717, 1.165) is 11.1 Å². The Morgan fingerprint density at radius 1 is 0.603 bits per heavy atom. The number of benzene rings is 2. The zero-order valence-electron chi connectivity index (χ0n) is 38.4. The summed E-state index contributed by atoms with van der Waals surface area (Å²) in [6, 6.07) is 16.7. The second-order valence-electron chi connectivity index (χ2n) is 15.7. The molecule has 0 saturated carbocycles. The van der Waals surface area contributed by atoms with E-state index in [-0.39, 0.29) is 56.1 Å². The number of ether oxygens (including phenoxy) is 2. The summed E-state index contributed by atoms with van der Waals surface area (Å²) in [5.41, 5.74) is 1.69. The molecule has 364 valence electrons. The lowest BCUT2D eigenvalue weighted by Gasteiger charge is -2.30. The first-order valence-corrected chi connectivity index (χ1v) is 35.7. The second kappa shape index (κ2) is 29.2. The smallest absolute Gasteiger partial charge is 0.468 e. The Bertz CT molecular complexity index is 1660. The van der Waals surface area contributed by atoms with Crippen LogP contribution in [0, 0.1) is 0 Å². The van der Waals surface area contributed by atoms with Gasteiger partial charge in [0.1, 0.15) is 98.4 Å². The van der Waals surface area contributed by atoms with Crippen molar-refractivity contribution < 1.29 is 70.3 Å². The van der Waals surface area contributed by atoms with Crippen LogP contribution >= 0.6 is 0 Å². The molecule has 0 bridgehead atoms. The highest BCUT2D eigenvalue weighted by atomic mass is 32.2. The van der Waals surface area contributed by atoms with Gasteiger partial charge in [-0.2, -0.15) is 16.8 Å². The highest BCUT2D eigenvalue weighted by Crippen LogP contribution is 2.33. The normalized spacial score (nSPS) is 16.2. The number of hydrogen-bond donors (Lipinski definition) is 4. The Hall–Kier alpha value is -0.805. The molecule has 2 unspecified atom stereocenters. The quantitative estimate of drug-likeness (QED) is 0.0389. The fourth-order valence-electron chi connectivity index (χ4n) is 7.15. The molecule has 0 aromatic heterocycles. The number of aliphatic hydroxyl groups excluding tert-OH is 2. The molecule has 18 nitrogen and oxygen atoms in total. The van der Waals surface area contributed by atoms with Gasteiger partial charge in [0.15, 0.2) is 0 Å². The summed E-state index contributed by atoms with van der Waals surface area (Å²) in [6.07, 6.45) is 0.108. The molecule has 0 heterocycles. The van der Waals surface area contributed by atoms with Crippen molar-refractivity contribution >= 4 is 99.3 Å². The van der Waals surface area contributed by atoms with Crippen LogP contribution < -0.4 is 9.47 Å². The first kappa shape index (κ1) is 58.3. The Labute approximate surface area is 394 Å². The summed E-state index contributed by atoms with van der Waals surface area (Å²) < 4.78 is 111. The van der Waals surface area contributed by atoms with Crippen LogP contribution in [0.2, 0.25) is 25.2 Å². The monoisotopic (exact) mass is 1070 g/mol. The molecule has 0 amide bonds. The van der Waals surface area contributed by atoms with E-state index in [0.29, 0.717) is 105 Å². The maximum Gasteiger partial charge on any atom is 0.468 e. The number of nitrogens with zero attached hydrogens (tertiary/aromatic N) is 2. The van der Waals surface area contributed by atoms with E-state index in [2.05, 4.69) is 13.8 Å². The average molecular weight is 1070 g/mol. The molecule has 0 aliphatic rings. The minimum atomic E-state index is -4.10. The minimum absolute atomic E-state index is 0.0269. The molecule has 63 heavy (non-hydrogen) atoms. The van der Waals surface area contributed by atoms with E-state index < -0.39 is 69.6 Å². The number of hydrogen-bond acceptors (Lipinski definition) is 16. The molecule has 2 aromatic rings. The zero-order valence-corrected chi connectivity index (χ0v) is 52.9. The van der Waals surface area contributed by atoms with Gasteiger partial charge in [0.25, 0.3) is 20.2 Å². The Balaban J connectivity index is 1.98. The molecule has 0 fully saturated rings. The van der Waals surface area contributed by atoms with Gasteiger partial charge in [-0.3, -0.25) is 9.11 Å². The molecule has 2 atom stereocenters. The van der Waals surface area contributed by atoms with Crippen molar-refractivity contribution in [1.29, 1.82) is 0 Å². The first-order valence-electron chi connectivity index (χ1n) is 21.3. The van der Waals surface area contributed by atoms with Crippen LogP contribution in [-0.2, 0) is 50.3 Å². The van der Waals surface area contributed by atoms with Gasteiger partial charge < -0.3 is 54.2 Å². The Morgan fingerprint density at radius 2 is 0.921 bits per heavy atom. The van der Waals surface area contributed by atoms with Crippen molar-refractivity contribution in [1.82, 2.24) is 9.80 Å². The van der Waals surface area contributed by atoms with Gasteiger partial charge in [0.05, 0.1) is 11.5 Å². The third-order valence-electron chi connectivity index (χ3n) is 10.6. The lowest BCUT2D eigenvalue weighted by molar-refractivity contribution is 0.0678. The van der Waals surface area contributed by atoms with E-state index in [1.54, 1.807) is 0 Å². The van der Waals surface area contributed by atoms with Crippen LogP contribution in [0.5, 0.6) is 11.5 Å². The topological polar surface area (TPSA) is 230 Å². The number of rotatable bonds is 36. The Morgan fingerprint density at radius 3 is 1.21 bits per heavy atom. The third kappa shape index (κ3) is 22.7. The molecule has 0 radical (unpaired) electrons. The molecule has 2 rings (SSSR count). The van der Waals surface area contributed by atoms with Crippen molar-refractivity contribution in [2.24, 2.45) is 0 Å². The lowest BCUT2D eigenvalue weighted by atomic mass is 9.78. The highest BCUT2D eigenvalue weighted by Gasteiger charge is 2.37. The predicted molar refractivity (Wildman–Crippen MR) is 268 cm³/mol. The van der Waals surface area contributed by atoms with E-state index in [1.807, 2.05) is 71.4 Å². The molecule has 2 aromatic carbocycles. The van der Waals surface area contributed by atoms with Crippen molar-refractivity contribution in [3.05, 3.63) is 59.7 Å². The molecular formula is C35H74N2O16S2Si8. The SMILES string of the molecule is C[SiH2]O[Si](CCCN(CCCS(=O)(=O)O)CC(O)COc1ccc(C(C)(C)c2ccc(OCC(O)CN(CCC[Si](O[SiH3])(O[SiH3])O[SiH2]C)CCCS(=O)(=O)O)cc2)cc1)(O[SiH3])O[SiH3]. The summed E-state index contributed by atoms with van der Waals surface area (Å²) in [5, 5.41) is 21.9. The van der Waals surface area contributed by atoms with Gasteiger partial charge in [0, 0.05) is 30.6 Å². The fourth-order valence-corrected chi connectivity index (χ4v) is 27.7. The minimum Gasteiger partial charge on any atom is -0.491 e. The lowest BCUT2D eigenvalue weighted by Crippen LogP contribution is -2.46. The Kier molecular flexibility index (Phi) is 27.0. The van der Waals surface area contributed by atoms with Gasteiger partial charge in [0.2, 0.25) is 0 Å². The predicted octanol–water partition coefficient (Wildman–Crippen LogP) is -3.21. The molecule has 28 heteroatoms. The summed E-state index contributed by atoms with van der Waals surface area (Å²) in [4.78, 5) is 3.93. The average Bonchev–Trinajstić information content (AvgIpc) is 3.23. The zero-order chi connectivity index (χ0) is 47.2. The molecule has 0 aliphatic carbocycles. The van der Waals surface area contributed by atoms with Crippen LogP contribution in [0.25, 0.3) is 0 Å². The summed E-state index contributed by atoms with van der Waals surface area (Å²) in [7, 11) is -12.9. The molecule has 4 N–H and O–H groups in total. The van der Waals surface area contributed by atoms with E-state index in [1.165, 1.54) is 0 Å². The maximum atomic E-state index is 11.3.